The smallest absolute Gasteiger partial charge is 0.0298 e. The Labute approximate surface area is 94.6 Å². The monoisotopic (exact) mass is 217 g/mol. The highest BCUT2D eigenvalue weighted by atomic mass is 32.1. The minimum atomic E-state index is 0.158. The van der Waals surface area contributed by atoms with E-state index in [1.807, 2.05) is 18.2 Å². The molecule has 1 nitrogen and oxygen atoms in total. The van der Waals surface area contributed by atoms with Gasteiger partial charge in [0.05, 0.1) is 0 Å². The van der Waals surface area contributed by atoms with Crippen molar-refractivity contribution < 1.29 is 0 Å². The lowest BCUT2D eigenvalue weighted by Crippen LogP contribution is -2.10. The van der Waals surface area contributed by atoms with Gasteiger partial charge in [0.25, 0.3) is 0 Å². The van der Waals surface area contributed by atoms with E-state index in [1.54, 1.807) is 11.3 Å². The highest BCUT2D eigenvalue weighted by Crippen LogP contribution is 2.17. The number of rotatable bonds is 4. The first kappa shape index (κ1) is 10.4. The third-order valence-electron chi connectivity index (χ3n) is 2.55. The van der Waals surface area contributed by atoms with Gasteiger partial charge in [0.15, 0.2) is 0 Å². The van der Waals surface area contributed by atoms with Crippen molar-refractivity contribution in [3.8, 4) is 0 Å². The second kappa shape index (κ2) is 5.10. The maximum Gasteiger partial charge on any atom is 0.0298 e. The van der Waals surface area contributed by atoms with Gasteiger partial charge in [0.1, 0.15) is 0 Å². The summed E-state index contributed by atoms with van der Waals surface area (Å²) >= 11 is 1.75. The lowest BCUT2D eigenvalue weighted by Gasteiger charge is -2.10. The molecule has 0 spiro atoms. The van der Waals surface area contributed by atoms with Gasteiger partial charge in [-0.2, -0.15) is 11.3 Å². The van der Waals surface area contributed by atoms with Crippen LogP contribution in [0.5, 0.6) is 0 Å². The van der Waals surface area contributed by atoms with E-state index in [4.69, 9.17) is 5.73 Å². The Hall–Kier alpha value is -1.12. The fraction of sp³-hybridized carbons (Fsp3) is 0.231. The van der Waals surface area contributed by atoms with Gasteiger partial charge in [0.2, 0.25) is 0 Å². The van der Waals surface area contributed by atoms with Gasteiger partial charge in [-0.15, -0.1) is 0 Å². The summed E-state index contributed by atoms with van der Waals surface area (Å²) in [5.74, 6) is 0. The van der Waals surface area contributed by atoms with Crippen LogP contribution in [-0.2, 0) is 6.42 Å². The largest absolute Gasteiger partial charge is 0.324 e. The molecule has 0 saturated carbocycles. The fourth-order valence-corrected chi connectivity index (χ4v) is 2.33. The zero-order chi connectivity index (χ0) is 10.5. The lowest BCUT2D eigenvalue weighted by molar-refractivity contribution is 0.652. The maximum atomic E-state index is 6.11. The molecule has 0 bridgehead atoms. The average molecular weight is 217 g/mol. The molecule has 2 N–H and O–H groups in total. The van der Waals surface area contributed by atoms with Gasteiger partial charge in [-0.25, -0.2) is 0 Å². The summed E-state index contributed by atoms with van der Waals surface area (Å²) in [5, 5.41) is 4.31. The molecular weight excluding hydrogens is 202 g/mol. The Morgan fingerprint density at radius 2 is 1.93 bits per heavy atom. The Bertz CT molecular complexity index is 380. The van der Waals surface area contributed by atoms with E-state index in [9.17, 15) is 0 Å². The molecule has 1 aromatic heterocycles. The molecule has 0 aliphatic carbocycles. The average Bonchev–Trinajstić information content (AvgIpc) is 2.80. The minimum absolute atomic E-state index is 0.158. The third-order valence-corrected chi connectivity index (χ3v) is 3.28. The molecule has 0 fully saturated rings. The van der Waals surface area contributed by atoms with E-state index < -0.39 is 0 Å². The zero-order valence-electron chi connectivity index (χ0n) is 8.60. The number of thiophene rings is 1. The van der Waals surface area contributed by atoms with E-state index >= 15 is 0 Å². The summed E-state index contributed by atoms with van der Waals surface area (Å²) in [5.41, 5.74) is 8.74. The molecule has 0 amide bonds. The van der Waals surface area contributed by atoms with Crippen LogP contribution in [0.4, 0.5) is 0 Å². The zero-order valence-corrected chi connectivity index (χ0v) is 9.41. The molecule has 0 aliphatic rings. The van der Waals surface area contributed by atoms with Crippen LogP contribution < -0.4 is 5.73 Å². The molecule has 2 aromatic rings. The first-order valence-corrected chi connectivity index (χ1v) is 6.12. The molecule has 1 aromatic carbocycles. The van der Waals surface area contributed by atoms with Crippen molar-refractivity contribution in [3.63, 3.8) is 0 Å². The molecular formula is C13H15NS. The summed E-state index contributed by atoms with van der Waals surface area (Å²) in [4.78, 5) is 0. The van der Waals surface area contributed by atoms with Gasteiger partial charge in [-0.1, -0.05) is 30.3 Å². The normalized spacial score (nSPS) is 12.6. The summed E-state index contributed by atoms with van der Waals surface area (Å²) < 4.78 is 0. The summed E-state index contributed by atoms with van der Waals surface area (Å²) in [6.45, 7) is 0. The van der Waals surface area contributed by atoms with Crippen molar-refractivity contribution >= 4 is 11.3 Å². The molecule has 0 saturated heterocycles. The number of benzene rings is 1. The molecule has 2 rings (SSSR count). The summed E-state index contributed by atoms with van der Waals surface area (Å²) in [6.07, 6.45) is 2.08. The number of nitrogens with two attached hydrogens (primary N) is 1. The predicted molar refractivity (Wildman–Crippen MR) is 66.0 cm³/mol. The summed E-state index contributed by atoms with van der Waals surface area (Å²) in [7, 11) is 0. The minimum Gasteiger partial charge on any atom is -0.324 e. The van der Waals surface area contributed by atoms with Gasteiger partial charge < -0.3 is 5.73 Å². The third kappa shape index (κ3) is 2.91. The Morgan fingerprint density at radius 3 is 2.60 bits per heavy atom. The second-order valence-electron chi connectivity index (χ2n) is 3.69. The van der Waals surface area contributed by atoms with E-state index in [0.29, 0.717) is 0 Å². The van der Waals surface area contributed by atoms with Crippen LogP contribution >= 0.6 is 11.3 Å². The predicted octanol–water partition coefficient (Wildman–Crippen LogP) is 3.38. The first-order chi connectivity index (χ1) is 7.36. The van der Waals surface area contributed by atoms with Crippen molar-refractivity contribution in [2.24, 2.45) is 5.73 Å². The van der Waals surface area contributed by atoms with Crippen LogP contribution in [0.25, 0.3) is 0 Å². The van der Waals surface area contributed by atoms with Crippen LogP contribution in [0.3, 0.4) is 0 Å². The van der Waals surface area contributed by atoms with Gasteiger partial charge in [0, 0.05) is 6.04 Å². The Balaban J connectivity index is 1.90. The van der Waals surface area contributed by atoms with Crippen LogP contribution in [0.2, 0.25) is 0 Å². The highest BCUT2D eigenvalue weighted by molar-refractivity contribution is 7.07. The standard InChI is InChI=1S/C13H15NS/c14-13(12-4-2-1-3-5-12)7-6-11-8-9-15-10-11/h1-5,8-10,13H,6-7,14H2. The number of hydrogen-bond donors (Lipinski definition) is 1. The maximum absolute atomic E-state index is 6.11. The van der Waals surface area contributed by atoms with Gasteiger partial charge >= 0.3 is 0 Å². The molecule has 15 heavy (non-hydrogen) atoms. The summed E-state index contributed by atoms with van der Waals surface area (Å²) in [6, 6.07) is 12.6. The second-order valence-corrected chi connectivity index (χ2v) is 4.47. The first-order valence-electron chi connectivity index (χ1n) is 5.18. The Morgan fingerprint density at radius 1 is 1.13 bits per heavy atom. The molecule has 1 heterocycles. The van der Waals surface area contributed by atoms with Crippen LogP contribution in [-0.4, -0.2) is 0 Å². The molecule has 2 heteroatoms. The van der Waals surface area contributed by atoms with Crippen molar-refractivity contribution in [2.75, 3.05) is 0 Å². The SMILES string of the molecule is NC(CCc1ccsc1)c1ccccc1. The van der Waals surface area contributed by atoms with Crippen molar-refractivity contribution in [2.45, 2.75) is 18.9 Å². The van der Waals surface area contributed by atoms with E-state index in [0.717, 1.165) is 12.8 Å². The quantitative estimate of drug-likeness (QED) is 0.834. The van der Waals surface area contributed by atoms with Crippen LogP contribution in [0, 0.1) is 0 Å². The van der Waals surface area contributed by atoms with Crippen molar-refractivity contribution in [1.82, 2.24) is 0 Å². The van der Waals surface area contributed by atoms with Gasteiger partial charge in [-0.05, 0) is 40.8 Å². The fourth-order valence-electron chi connectivity index (χ4n) is 1.62. The van der Waals surface area contributed by atoms with Gasteiger partial charge in [-0.3, -0.25) is 0 Å². The molecule has 78 valence electrons. The van der Waals surface area contributed by atoms with Crippen molar-refractivity contribution in [3.05, 3.63) is 58.3 Å². The Kier molecular flexibility index (Phi) is 3.54. The molecule has 0 aliphatic heterocycles. The topological polar surface area (TPSA) is 26.0 Å². The molecule has 0 radical (unpaired) electrons. The number of hydrogen-bond acceptors (Lipinski definition) is 2. The lowest BCUT2D eigenvalue weighted by atomic mass is 10.0. The highest BCUT2D eigenvalue weighted by Gasteiger charge is 2.05. The van der Waals surface area contributed by atoms with Crippen LogP contribution in [0.1, 0.15) is 23.6 Å². The number of aryl methyl sites for hydroxylation is 1. The molecule has 1 unspecified atom stereocenters. The van der Waals surface area contributed by atoms with E-state index in [-0.39, 0.29) is 6.04 Å². The van der Waals surface area contributed by atoms with E-state index in [2.05, 4.69) is 29.0 Å². The van der Waals surface area contributed by atoms with Crippen LogP contribution in [0.15, 0.2) is 47.2 Å². The van der Waals surface area contributed by atoms with Crippen molar-refractivity contribution in [1.29, 1.82) is 0 Å². The molecule has 1 atom stereocenters. The van der Waals surface area contributed by atoms with E-state index in [1.165, 1.54) is 11.1 Å².